The van der Waals surface area contributed by atoms with E-state index in [1.165, 1.54) is 109 Å². The fourth-order valence-corrected chi connectivity index (χ4v) is 13.6. The van der Waals surface area contributed by atoms with Crippen molar-refractivity contribution in [3.63, 3.8) is 0 Å². The minimum atomic E-state index is -2.03. The third-order valence-electron chi connectivity index (χ3n) is 15.2. The molecule has 362 valence electrons. The van der Waals surface area contributed by atoms with Gasteiger partial charge in [-0.3, -0.25) is 0 Å². The Kier molecular flexibility index (Phi) is 12.4. The predicted octanol–water partition coefficient (Wildman–Crippen LogP) is 20.5. The Morgan fingerprint density at radius 2 is 0.560 bits per heavy atom. The SMILES string of the molecule is CC(C)(C)c1cccc(-c2ccc(-c3ccc(N(c4ccc(-c5ccc(-c6ccccc6)c6ccccc56)cc4)c4ccc(-c5ccc(-c6ccc[c]([Ge]([CH3])([CH3])[CH3])c6)c6ccccc56)cc4)cc3)c3ccccc23)c1. The third-order valence-corrected chi connectivity index (χ3v) is 19.5. The van der Waals surface area contributed by atoms with Gasteiger partial charge in [0.2, 0.25) is 0 Å². The Hall–Kier alpha value is -8.24. The summed E-state index contributed by atoms with van der Waals surface area (Å²) < 4.78 is 1.52. The molecule has 75 heavy (non-hydrogen) atoms. The first-order valence-corrected chi connectivity index (χ1v) is 33.7. The van der Waals surface area contributed by atoms with E-state index >= 15 is 0 Å². The zero-order valence-electron chi connectivity index (χ0n) is 43.8. The van der Waals surface area contributed by atoms with E-state index in [2.05, 4.69) is 304 Å². The van der Waals surface area contributed by atoms with Gasteiger partial charge in [0, 0.05) is 11.4 Å². The molecule has 0 amide bonds. The molecule has 12 aromatic carbocycles. The van der Waals surface area contributed by atoms with Crippen molar-refractivity contribution in [2.75, 3.05) is 4.90 Å². The first-order chi connectivity index (χ1) is 36.5. The van der Waals surface area contributed by atoms with Gasteiger partial charge < -0.3 is 0 Å². The zero-order chi connectivity index (χ0) is 51.3. The molecule has 0 bridgehead atoms. The first-order valence-electron chi connectivity index (χ1n) is 26.4. The van der Waals surface area contributed by atoms with Gasteiger partial charge in [0.05, 0.1) is 0 Å². The zero-order valence-corrected chi connectivity index (χ0v) is 45.9. The van der Waals surface area contributed by atoms with Gasteiger partial charge in [-0.25, -0.2) is 0 Å². The molecule has 0 radical (unpaired) electrons. The maximum atomic E-state index is 2.47. The average Bonchev–Trinajstić information content (AvgIpc) is 3.45. The second-order valence-corrected chi connectivity index (χ2v) is 32.8. The van der Waals surface area contributed by atoms with Gasteiger partial charge >= 0.3 is 163 Å². The molecule has 0 aliphatic carbocycles. The summed E-state index contributed by atoms with van der Waals surface area (Å²) in [6, 6.07) is 96.9. The fraction of sp³-hybridized carbons (Fsp3) is 0.0959. The Morgan fingerprint density at radius 3 is 0.907 bits per heavy atom. The van der Waals surface area contributed by atoms with Gasteiger partial charge in [-0.2, -0.15) is 0 Å². The summed E-state index contributed by atoms with van der Waals surface area (Å²) >= 11 is -2.03. The van der Waals surface area contributed by atoms with E-state index in [-0.39, 0.29) is 5.41 Å². The summed E-state index contributed by atoms with van der Waals surface area (Å²) in [5, 5.41) is 7.54. The van der Waals surface area contributed by atoms with Crippen LogP contribution in [0.3, 0.4) is 0 Å². The summed E-state index contributed by atoms with van der Waals surface area (Å²) in [5.74, 6) is 7.41. The van der Waals surface area contributed by atoms with Gasteiger partial charge in [0.25, 0.3) is 0 Å². The monoisotopic (exact) mass is 1030 g/mol. The van der Waals surface area contributed by atoms with Crippen LogP contribution in [0, 0.1) is 0 Å². The summed E-state index contributed by atoms with van der Waals surface area (Å²) in [6.45, 7) is 6.85. The van der Waals surface area contributed by atoms with Gasteiger partial charge in [-0.05, 0) is 101 Å². The van der Waals surface area contributed by atoms with Crippen molar-refractivity contribution in [3.8, 4) is 66.8 Å². The molecule has 0 fully saturated rings. The molecule has 12 rings (SSSR count). The second-order valence-electron chi connectivity index (χ2n) is 22.1. The maximum absolute atomic E-state index is 2.47. The number of fused-ring (bicyclic) bond motifs is 3. The Balaban J connectivity index is 0.933. The van der Waals surface area contributed by atoms with Gasteiger partial charge in [-0.15, -0.1) is 0 Å². The summed E-state index contributed by atoms with van der Waals surface area (Å²) in [7, 11) is 0. The van der Waals surface area contributed by atoms with Crippen molar-refractivity contribution in [2.45, 2.75) is 43.5 Å². The first kappa shape index (κ1) is 47.7. The molecule has 0 saturated heterocycles. The molecule has 12 aromatic rings. The van der Waals surface area contributed by atoms with Crippen molar-refractivity contribution in [1.82, 2.24) is 0 Å². The Labute approximate surface area is 445 Å². The number of anilines is 3. The van der Waals surface area contributed by atoms with E-state index in [1.807, 2.05) is 0 Å². The van der Waals surface area contributed by atoms with E-state index in [0.29, 0.717) is 0 Å². The Bertz CT molecular complexity index is 3860. The van der Waals surface area contributed by atoms with Crippen LogP contribution >= 0.6 is 0 Å². The predicted molar refractivity (Wildman–Crippen MR) is 328 cm³/mol. The minimum Gasteiger partial charge on any atom is -0.0616 e. The molecule has 2 heteroatoms. The van der Waals surface area contributed by atoms with Crippen LogP contribution in [0.5, 0.6) is 0 Å². The van der Waals surface area contributed by atoms with Crippen molar-refractivity contribution in [3.05, 3.63) is 266 Å². The van der Waals surface area contributed by atoms with Crippen molar-refractivity contribution >= 4 is 67.0 Å². The van der Waals surface area contributed by atoms with Crippen LogP contribution in [-0.2, 0) is 5.41 Å². The van der Waals surface area contributed by atoms with Crippen molar-refractivity contribution in [1.29, 1.82) is 0 Å². The topological polar surface area (TPSA) is 3.24 Å². The molecular weight excluding hydrogens is 963 g/mol. The van der Waals surface area contributed by atoms with Crippen LogP contribution in [0.1, 0.15) is 26.3 Å². The normalized spacial score (nSPS) is 11.9. The third kappa shape index (κ3) is 9.28. The number of benzene rings is 12. The summed E-state index contributed by atoms with van der Waals surface area (Å²) in [6.07, 6.45) is 0. The van der Waals surface area contributed by atoms with E-state index < -0.39 is 13.3 Å². The van der Waals surface area contributed by atoms with Gasteiger partial charge in [0.15, 0.2) is 0 Å². The van der Waals surface area contributed by atoms with E-state index in [0.717, 1.165) is 17.1 Å². The number of hydrogen-bond acceptors (Lipinski definition) is 1. The molecule has 0 spiro atoms. The van der Waals surface area contributed by atoms with Gasteiger partial charge in [-0.1, -0.05) is 172 Å². The fourth-order valence-electron chi connectivity index (χ4n) is 11.1. The quantitative estimate of drug-likeness (QED) is 0.123. The molecule has 0 aromatic heterocycles. The van der Waals surface area contributed by atoms with E-state index in [1.54, 1.807) is 0 Å². The van der Waals surface area contributed by atoms with E-state index in [9.17, 15) is 0 Å². The van der Waals surface area contributed by atoms with E-state index in [4.69, 9.17) is 0 Å². The van der Waals surface area contributed by atoms with Crippen LogP contribution in [0.25, 0.3) is 99.1 Å². The maximum Gasteiger partial charge on any atom is -0.00992 e. The molecule has 0 atom stereocenters. The Morgan fingerprint density at radius 1 is 0.267 bits per heavy atom. The molecule has 0 aliphatic heterocycles. The standard InChI is InChI=1S/C73H61GeN/c1-73(2,3)56-22-16-20-54(48-56)65-46-44-63(69-26-12-14-28-71(65)69)52-32-38-59(39-33-52)75(58-36-30-51(31-37-58)62-43-42-61(50-18-8-7-9-19-50)67-24-10-11-25-68(62)67)60-40-34-53(35-41-60)64-45-47-66(72-29-15-13-27-70(64)72)55-21-17-23-57(49-55)74(4,5)6/h7-49H,1-6H3. The second kappa shape index (κ2) is 19.6. The van der Waals surface area contributed by atoms with Crippen molar-refractivity contribution in [2.24, 2.45) is 0 Å². The molecule has 0 N–H and O–H groups in total. The largest absolute Gasteiger partial charge is 0.0616 e. The summed E-state index contributed by atoms with van der Waals surface area (Å²) in [4.78, 5) is 2.39. The van der Waals surface area contributed by atoms with Gasteiger partial charge in [0.1, 0.15) is 0 Å². The van der Waals surface area contributed by atoms with Crippen LogP contribution in [0.15, 0.2) is 261 Å². The molecular formula is C73H61GeN. The summed E-state index contributed by atoms with van der Waals surface area (Å²) in [5.41, 5.74) is 19.5. The molecule has 0 saturated carbocycles. The van der Waals surface area contributed by atoms with Crippen LogP contribution in [0.2, 0.25) is 17.3 Å². The molecule has 0 unspecified atom stereocenters. The van der Waals surface area contributed by atoms with Crippen LogP contribution < -0.4 is 9.30 Å². The molecule has 1 nitrogen and oxygen atoms in total. The molecule has 0 heterocycles. The average molecular weight is 1020 g/mol. The minimum absolute atomic E-state index is 0.0673. The number of rotatable bonds is 10. The molecule has 0 aliphatic rings. The number of nitrogens with zero attached hydrogens (tertiary/aromatic N) is 1. The smallest absolute Gasteiger partial charge is 0.00992 e. The number of hydrogen-bond donors (Lipinski definition) is 0. The van der Waals surface area contributed by atoms with Crippen LogP contribution in [-0.4, -0.2) is 13.3 Å². The van der Waals surface area contributed by atoms with Crippen LogP contribution in [0.4, 0.5) is 17.1 Å². The van der Waals surface area contributed by atoms with Crippen molar-refractivity contribution < 1.29 is 0 Å².